The van der Waals surface area contributed by atoms with E-state index in [0.717, 1.165) is 35.8 Å². The fraction of sp³-hybridized carbons (Fsp3) is 0.333. The molecular formula is C24H26N6O2. The van der Waals surface area contributed by atoms with E-state index in [1.807, 2.05) is 17.2 Å². The smallest absolute Gasteiger partial charge is 0.320 e. The first kappa shape index (κ1) is 19.2. The van der Waals surface area contributed by atoms with Gasteiger partial charge in [0.2, 0.25) is 0 Å². The number of carbonyl (C=O) groups is 1. The van der Waals surface area contributed by atoms with E-state index in [0.29, 0.717) is 26.2 Å². The molecular weight excluding hydrogens is 404 g/mol. The van der Waals surface area contributed by atoms with Gasteiger partial charge in [-0.1, -0.05) is 18.2 Å². The molecule has 32 heavy (non-hydrogen) atoms. The van der Waals surface area contributed by atoms with Gasteiger partial charge in [0.15, 0.2) is 0 Å². The number of hydrogen-bond acceptors (Lipinski definition) is 5. The van der Waals surface area contributed by atoms with Crippen molar-refractivity contribution in [3.63, 3.8) is 0 Å². The second kappa shape index (κ2) is 7.56. The molecule has 8 nitrogen and oxygen atoms in total. The molecule has 1 aromatic carbocycles. The highest BCUT2D eigenvalue weighted by molar-refractivity contribution is 5.76. The first-order chi connectivity index (χ1) is 15.7. The van der Waals surface area contributed by atoms with Crippen LogP contribution in [0.3, 0.4) is 0 Å². The fourth-order valence-electron chi connectivity index (χ4n) is 4.94. The Labute approximate surface area is 186 Å². The number of carbonyl (C=O) groups excluding carboxylic acids is 1. The predicted octanol–water partition coefficient (Wildman–Crippen LogP) is 2.31. The van der Waals surface area contributed by atoms with Crippen LogP contribution in [0.2, 0.25) is 0 Å². The number of urea groups is 1. The van der Waals surface area contributed by atoms with Crippen LogP contribution >= 0.6 is 0 Å². The highest BCUT2D eigenvalue weighted by atomic mass is 16.3. The molecule has 1 atom stereocenters. The van der Waals surface area contributed by atoms with Gasteiger partial charge in [-0.05, 0) is 30.3 Å². The minimum Gasteiger partial charge on any atom is -0.389 e. The number of aliphatic hydroxyl groups excluding tert-OH is 1. The second-order valence-corrected chi connectivity index (χ2v) is 8.63. The standard InChI is InChI=1S/C24H26N6O2/c31-17-15-29(16-17)24(32)28-13-11-27(12-14-28)23-18(5-3-9-25-23)22-21-8-4-10-30(21)20-7-2-1-6-19(20)26-22/h1-10,17,22,26,31H,11-16H2. The fourth-order valence-corrected chi connectivity index (χ4v) is 4.94. The van der Waals surface area contributed by atoms with Crippen LogP contribution in [0.15, 0.2) is 60.9 Å². The van der Waals surface area contributed by atoms with E-state index in [2.05, 4.69) is 63.4 Å². The number of fused-ring (bicyclic) bond motifs is 3. The number of nitrogens with one attached hydrogen (secondary N) is 1. The van der Waals surface area contributed by atoms with Crippen molar-refractivity contribution in [3.8, 4) is 5.69 Å². The Morgan fingerprint density at radius 3 is 2.59 bits per heavy atom. The number of anilines is 2. The van der Waals surface area contributed by atoms with Crippen LogP contribution in [0.5, 0.6) is 0 Å². The molecule has 2 aromatic heterocycles. The molecule has 8 heteroatoms. The number of aromatic nitrogens is 2. The first-order valence-electron chi connectivity index (χ1n) is 11.1. The van der Waals surface area contributed by atoms with E-state index in [4.69, 9.17) is 4.98 Å². The van der Waals surface area contributed by atoms with Crippen LogP contribution in [0, 0.1) is 0 Å². The van der Waals surface area contributed by atoms with Gasteiger partial charge in [0, 0.05) is 49.8 Å². The maximum Gasteiger partial charge on any atom is 0.320 e. The maximum atomic E-state index is 12.6. The summed E-state index contributed by atoms with van der Waals surface area (Å²) >= 11 is 0. The Bertz CT molecular complexity index is 1150. The van der Waals surface area contributed by atoms with Crippen molar-refractivity contribution < 1.29 is 9.90 Å². The Morgan fingerprint density at radius 2 is 1.78 bits per heavy atom. The van der Waals surface area contributed by atoms with Crippen LogP contribution in [-0.2, 0) is 0 Å². The van der Waals surface area contributed by atoms with Gasteiger partial charge in [0.1, 0.15) is 5.82 Å². The minimum absolute atomic E-state index is 0.00848. The normalized spacial score (nSPS) is 20.3. The van der Waals surface area contributed by atoms with Crippen molar-refractivity contribution in [2.45, 2.75) is 12.1 Å². The third kappa shape index (κ3) is 3.10. The van der Waals surface area contributed by atoms with Crippen molar-refractivity contribution in [1.82, 2.24) is 19.4 Å². The van der Waals surface area contributed by atoms with Gasteiger partial charge in [0.25, 0.3) is 0 Å². The molecule has 2 N–H and O–H groups in total. The summed E-state index contributed by atoms with van der Waals surface area (Å²) in [5.41, 5.74) is 4.57. The molecule has 3 aliphatic heterocycles. The van der Waals surface area contributed by atoms with Crippen LogP contribution in [-0.4, -0.2) is 75.9 Å². The zero-order valence-electron chi connectivity index (χ0n) is 17.8. The number of benzene rings is 1. The number of amides is 2. The molecule has 6 rings (SSSR count). The zero-order chi connectivity index (χ0) is 21.7. The molecule has 0 bridgehead atoms. The Morgan fingerprint density at radius 1 is 0.969 bits per heavy atom. The third-order valence-corrected chi connectivity index (χ3v) is 6.65. The number of rotatable bonds is 2. The molecule has 0 saturated carbocycles. The molecule has 0 aliphatic carbocycles. The average molecular weight is 431 g/mol. The van der Waals surface area contributed by atoms with Gasteiger partial charge in [-0.3, -0.25) is 0 Å². The van der Waals surface area contributed by atoms with Crippen molar-refractivity contribution >= 4 is 17.5 Å². The number of pyridine rings is 1. The molecule has 0 radical (unpaired) electrons. The quantitative estimate of drug-likeness (QED) is 0.653. The number of β-amino-alcohol motifs (C(OH)–C–C–N with tert-alkyl or cyclic N) is 1. The maximum absolute atomic E-state index is 12.6. The number of aliphatic hydroxyl groups is 1. The summed E-state index contributed by atoms with van der Waals surface area (Å²) < 4.78 is 2.24. The van der Waals surface area contributed by atoms with Crippen LogP contribution < -0.4 is 10.2 Å². The van der Waals surface area contributed by atoms with Crippen LogP contribution in [0.4, 0.5) is 16.3 Å². The molecule has 3 aliphatic rings. The van der Waals surface area contributed by atoms with E-state index in [1.165, 1.54) is 5.69 Å². The molecule has 2 amide bonds. The lowest BCUT2D eigenvalue weighted by atomic mass is 10.0. The van der Waals surface area contributed by atoms with Gasteiger partial charge in [-0.25, -0.2) is 9.78 Å². The molecule has 1 unspecified atom stereocenters. The molecule has 2 fully saturated rings. The summed E-state index contributed by atoms with van der Waals surface area (Å²) in [4.78, 5) is 23.2. The highest BCUT2D eigenvalue weighted by Gasteiger charge is 2.34. The van der Waals surface area contributed by atoms with E-state index < -0.39 is 0 Å². The molecule has 3 aromatic rings. The Hall–Kier alpha value is -3.52. The van der Waals surface area contributed by atoms with Crippen LogP contribution in [0.1, 0.15) is 17.3 Å². The van der Waals surface area contributed by atoms with Crippen molar-refractivity contribution in [3.05, 3.63) is 72.2 Å². The summed E-state index contributed by atoms with van der Waals surface area (Å²) in [6.45, 7) is 3.65. The second-order valence-electron chi connectivity index (χ2n) is 8.63. The van der Waals surface area contributed by atoms with Gasteiger partial charge in [0.05, 0.1) is 36.6 Å². The van der Waals surface area contributed by atoms with Gasteiger partial charge in [-0.15, -0.1) is 0 Å². The van der Waals surface area contributed by atoms with Gasteiger partial charge >= 0.3 is 6.03 Å². The summed E-state index contributed by atoms with van der Waals surface area (Å²) in [6, 6.07) is 16.7. The molecule has 0 spiro atoms. The first-order valence-corrected chi connectivity index (χ1v) is 11.1. The van der Waals surface area contributed by atoms with Crippen molar-refractivity contribution in [2.24, 2.45) is 0 Å². The third-order valence-electron chi connectivity index (χ3n) is 6.65. The number of likely N-dealkylation sites (tertiary alicyclic amines) is 1. The van der Waals surface area contributed by atoms with Crippen molar-refractivity contribution in [1.29, 1.82) is 0 Å². The van der Waals surface area contributed by atoms with E-state index in [9.17, 15) is 9.90 Å². The van der Waals surface area contributed by atoms with Crippen molar-refractivity contribution in [2.75, 3.05) is 49.5 Å². The zero-order valence-corrected chi connectivity index (χ0v) is 17.8. The summed E-state index contributed by atoms with van der Waals surface area (Å²) in [6.07, 6.45) is 3.58. The number of para-hydroxylation sites is 2. The van der Waals surface area contributed by atoms with Crippen LogP contribution in [0.25, 0.3) is 5.69 Å². The highest BCUT2D eigenvalue weighted by Crippen LogP contribution is 2.39. The minimum atomic E-state index is -0.372. The summed E-state index contributed by atoms with van der Waals surface area (Å²) in [5, 5.41) is 13.2. The number of hydrogen-bond donors (Lipinski definition) is 2. The van der Waals surface area contributed by atoms with Gasteiger partial charge in [-0.2, -0.15) is 0 Å². The predicted molar refractivity (Wildman–Crippen MR) is 122 cm³/mol. The lowest BCUT2D eigenvalue weighted by molar-refractivity contribution is 0.0145. The molecule has 2 saturated heterocycles. The van der Waals surface area contributed by atoms with Gasteiger partial charge < -0.3 is 29.7 Å². The average Bonchev–Trinajstić information content (AvgIpc) is 3.32. The monoisotopic (exact) mass is 430 g/mol. The number of piperazine rings is 1. The van der Waals surface area contributed by atoms with E-state index in [1.54, 1.807) is 4.90 Å². The molecule has 164 valence electrons. The Balaban J connectivity index is 1.25. The van der Waals surface area contributed by atoms with E-state index in [-0.39, 0.29) is 18.2 Å². The van der Waals surface area contributed by atoms with E-state index >= 15 is 0 Å². The lowest BCUT2D eigenvalue weighted by Crippen LogP contribution is -2.60. The lowest BCUT2D eigenvalue weighted by Gasteiger charge is -2.43. The topological polar surface area (TPSA) is 76.9 Å². The molecule has 5 heterocycles. The summed E-state index contributed by atoms with van der Waals surface area (Å²) in [7, 11) is 0. The summed E-state index contributed by atoms with van der Waals surface area (Å²) in [5.74, 6) is 0.962. The number of nitrogens with zero attached hydrogens (tertiary/aromatic N) is 5. The Kier molecular flexibility index (Phi) is 4.53. The SMILES string of the molecule is O=C(N1CCN(c2ncccc2C2Nc3ccccc3-n3cccc32)CC1)N1CC(O)C1. The largest absolute Gasteiger partial charge is 0.389 e.